The number of amides is 2. The molecule has 8 heteroatoms. The van der Waals surface area contributed by atoms with Gasteiger partial charge in [-0.15, -0.1) is 0 Å². The molecule has 3 atom stereocenters. The Kier molecular flexibility index (Phi) is 10.2. The Bertz CT molecular complexity index is 982. The van der Waals surface area contributed by atoms with Crippen LogP contribution < -0.4 is 5.32 Å². The summed E-state index contributed by atoms with van der Waals surface area (Å²) in [6.45, 7) is 4.62. The lowest BCUT2D eigenvalue weighted by atomic mass is 9.95. The van der Waals surface area contributed by atoms with E-state index >= 15 is 0 Å². The van der Waals surface area contributed by atoms with E-state index in [4.69, 9.17) is 4.74 Å². The fourth-order valence-corrected chi connectivity index (χ4v) is 4.62. The Morgan fingerprint density at radius 2 is 1.68 bits per heavy atom. The molecule has 1 N–H and O–H groups in total. The van der Waals surface area contributed by atoms with Gasteiger partial charge in [0, 0.05) is 12.1 Å². The first-order valence-corrected chi connectivity index (χ1v) is 11.3. The maximum Gasteiger partial charge on any atom is 0.251 e. The minimum Gasteiger partial charge on any atom is -0.368 e. The van der Waals surface area contributed by atoms with Gasteiger partial charge in [0.25, 0.3) is 5.91 Å². The van der Waals surface area contributed by atoms with E-state index in [1.54, 1.807) is 17.0 Å². The van der Waals surface area contributed by atoms with E-state index < -0.39 is 12.1 Å². The lowest BCUT2D eigenvalue weighted by Gasteiger charge is -2.37. The van der Waals surface area contributed by atoms with E-state index in [1.807, 2.05) is 56.3 Å². The third kappa shape index (κ3) is 6.23. The van der Waals surface area contributed by atoms with Crippen molar-refractivity contribution < 1.29 is 19.1 Å². The van der Waals surface area contributed by atoms with Crippen molar-refractivity contribution in [2.24, 2.45) is 5.92 Å². The van der Waals surface area contributed by atoms with Crippen LogP contribution in [-0.2, 0) is 14.3 Å². The molecule has 0 unspecified atom stereocenters. The van der Waals surface area contributed by atoms with Gasteiger partial charge in [0.15, 0.2) is 5.78 Å². The van der Waals surface area contributed by atoms with E-state index in [9.17, 15) is 14.4 Å². The summed E-state index contributed by atoms with van der Waals surface area (Å²) in [4.78, 5) is 40.4. The largest absolute Gasteiger partial charge is 0.368 e. The Morgan fingerprint density at radius 1 is 1.03 bits per heavy atom. The number of Topliss-reactive ketones (excluding diaryl/α,β-unsaturated/α-hetero) is 1. The number of piperidine rings is 1. The molecule has 2 saturated heterocycles. The molecule has 2 amide bonds. The average Bonchev–Trinajstić information content (AvgIpc) is 3.19. The summed E-state index contributed by atoms with van der Waals surface area (Å²) in [6, 6.07) is 16.1. The molecule has 0 aromatic heterocycles. The van der Waals surface area contributed by atoms with Gasteiger partial charge >= 0.3 is 0 Å². The topological polar surface area (TPSA) is 75.7 Å². The summed E-state index contributed by atoms with van der Waals surface area (Å²) in [5.41, 5.74) is 2.61. The van der Waals surface area contributed by atoms with Gasteiger partial charge in [-0.05, 0) is 48.4 Å². The number of carbonyl (C=O) groups is 3. The molecule has 0 spiro atoms. The van der Waals surface area contributed by atoms with Gasteiger partial charge in [-0.25, -0.2) is 0 Å². The van der Waals surface area contributed by atoms with E-state index in [2.05, 4.69) is 5.32 Å². The van der Waals surface area contributed by atoms with Gasteiger partial charge in [0.1, 0.15) is 18.7 Å². The summed E-state index contributed by atoms with van der Waals surface area (Å²) < 4.78 is 5.58. The highest BCUT2D eigenvalue weighted by Gasteiger charge is 2.45. The number of carbonyl (C=O) groups excluding carboxylic acids is 3. The molecule has 0 radical (unpaired) electrons. The van der Waals surface area contributed by atoms with Crippen LogP contribution in [-0.4, -0.2) is 53.8 Å². The summed E-state index contributed by atoms with van der Waals surface area (Å²) in [6.07, 6.45) is 1.87. The molecule has 2 aromatic rings. The second-order valence-electron chi connectivity index (χ2n) is 9.03. The zero-order chi connectivity index (χ0) is 22.7. The molecule has 4 rings (SSSR count). The first-order valence-electron chi connectivity index (χ1n) is 11.3. The summed E-state index contributed by atoms with van der Waals surface area (Å²) >= 11 is 0. The molecular weight excluding hydrogens is 468 g/mol. The van der Waals surface area contributed by atoms with Crippen molar-refractivity contribution in [2.45, 2.75) is 51.3 Å². The van der Waals surface area contributed by atoms with Crippen molar-refractivity contribution in [3.8, 4) is 11.1 Å². The van der Waals surface area contributed by atoms with Crippen LogP contribution in [0.25, 0.3) is 11.1 Å². The van der Waals surface area contributed by atoms with Crippen LogP contribution in [0, 0.1) is 5.92 Å². The molecule has 2 aliphatic rings. The third-order valence-corrected chi connectivity index (χ3v) is 6.19. The number of nitrogens with zero attached hydrogens (tertiary/aromatic N) is 1. The van der Waals surface area contributed by atoms with Crippen molar-refractivity contribution in [1.29, 1.82) is 0 Å². The maximum absolute atomic E-state index is 13.4. The van der Waals surface area contributed by atoms with Crippen LogP contribution in [0.1, 0.15) is 43.5 Å². The highest BCUT2D eigenvalue weighted by Crippen LogP contribution is 2.27. The predicted octanol–water partition coefficient (Wildman–Crippen LogP) is 3.68. The average molecular weight is 503 g/mol. The van der Waals surface area contributed by atoms with E-state index in [0.717, 1.165) is 24.0 Å². The van der Waals surface area contributed by atoms with E-state index in [0.29, 0.717) is 18.5 Å². The first-order chi connectivity index (χ1) is 15.4. The molecular formula is C26H34N2O4S2. The van der Waals surface area contributed by atoms with E-state index in [1.165, 1.54) is 0 Å². The summed E-state index contributed by atoms with van der Waals surface area (Å²) in [5.74, 6) is -0.317. The quantitative estimate of drug-likeness (QED) is 0.654. The van der Waals surface area contributed by atoms with Crippen LogP contribution in [0.5, 0.6) is 0 Å². The van der Waals surface area contributed by atoms with Crippen LogP contribution in [0.4, 0.5) is 0 Å². The Morgan fingerprint density at radius 3 is 2.32 bits per heavy atom. The predicted molar refractivity (Wildman–Crippen MR) is 143 cm³/mol. The van der Waals surface area contributed by atoms with Crippen molar-refractivity contribution in [2.75, 3.05) is 13.2 Å². The molecule has 184 valence electrons. The molecule has 34 heavy (non-hydrogen) atoms. The first kappa shape index (κ1) is 28.0. The molecule has 0 aliphatic carbocycles. The van der Waals surface area contributed by atoms with Crippen molar-refractivity contribution >= 4 is 44.6 Å². The Balaban J connectivity index is 0.00000204. The van der Waals surface area contributed by atoms with Crippen LogP contribution >= 0.6 is 27.0 Å². The second kappa shape index (κ2) is 12.4. The van der Waals surface area contributed by atoms with Crippen molar-refractivity contribution in [1.82, 2.24) is 10.2 Å². The zero-order valence-electron chi connectivity index (χ0n) is 19.6. The normalized spacial score (nSPS) is 20.1. The Labute approximate surface area is 215 Å². The molecule has 2 heterocycles. The second-order valence-corrected chi connectivity index (χ2v) is 9.03. The number of hydrogen-bond acceptors (Lipinski definition) is 4. The van der Waals surface area contributed by atoms with Gasteiger partial charge < -0.3 is 15.0 Å². The molecule has 0 bridgehead atoms. The number of benzene rings is 2. The standard InChI is InChI=1S/C26H30N2O4.2H2S/c1-17(2)15-21(26(31)28-14-6-9-23-24(28)22(29)16-32-23)27-25(30)20-12-10-19(11-13-20)18-7-4-3-5-8-18;;/h3-5,7-8,10-13,17,21,23-24H,6,9,14-16H2,1-2H3,(H,27,30);2*1H2/t21-,23+,24+;;/m0../s1. The number of likely N-dealkylation sites (tertiary alicyclic amines) is 1. The SMILES string of the molecule is CC(C)C[C@H](NC(=O)c1ccc(-c2ccccc2)cc1)C(=O)N1CCC[C@H]2OCC(=O)[C@H]21.S.S. The fraction of sp³-hybridized carbons (Fsp3) is 0.423. The van der Waals surface area contributed by atoms with E-state index in [-0.39, 0.29) is 63.2 Å². The number of hydrogen-bond donors (Lipinski definition) is 1. The van der Waals surface area contributed by atoms with Crippen molar-refractivity contribution in [3.63, 3.8) is 0 Å². The molecule has 2 fully saturated rings. The number of nitrogens with one attached hydrogen (secondary N) is 1. The highest BCUT2D eigenvalue weighted by atomic mass is 32.1. The Hall–Kier alpha value is -2.29. The molecule has 0 saturated carbocycles. The minimum atomic E-state index is -0.677. The smallest absolute Gasteiger partial charge is 0.251 e. The monoisotopic (exact) mass is 502 g/mol. The van der Waals surface area contributed by atoms with Gasteiger partial charge in [-0.1, -0.05) is 56.3 Å². The number of ether oxygens (including phenoxy) is 1. The number of rotatable bonds is 6. The van der Waals surface area contributed by atoms with Crippen molar-refractivity contribution in [3.05, 3.63) is 60.2 Å². The fourth-order valence-electron chi connectivity index (χ4n) is 4.62. The lowest BCUT2D eigenvalue weighted by Crippen LogP contribution is -2.58. The summed E-state index contributed by atoms with van der Waals surface area (Å²) in [5, 5.41) is 2.93. The molecule has 2 aromatic carbocycles. The van der Waals surface area contributed by atoms with Crippen LogP contribution in [0.15, 0.2) is 54.6 Å². The van der Waals surface area contributed by atoms with Gasteiger partial charge in [0.2, 0.25) is 5.91 Å². The van der Waals surface area contributed by atoms with Gasteiger partial charge in [-0.2, -0.15) is 27.0 Å². The number of ketones is 1. The maximum atomic E-state index is 13.4. The summed E-state index contributed by atoms with van der Waals surface area (Å²) in [7, 11) is 0. The van der Waals surface area contributed by atoms with Gasteiger partial charge in [0.05, 0.1) is 6.10 Å². The lowest BCUT2D eigenvalue weighted by molar-refractivity contribution is -0.142. The van der Waals surface area contributed by atoms with Crippen LogP contribution in [0.3, 0.4) is 0 Å². The minimum absolute atomic E-state index is 0. The highest BCUT2D eigenvalue weighted by molar-refractivity contribution is 7.59. The number of fused-ring (bicyclic) bond motifs is 1. The molecule has 2 aliphatic heterocycles. The zero-order valence-corrected chi connectivity index (χ0v) is 21.6. The van der Waals surface area contributed by atoms with Crippen LogP contribution in [0.2, 0.25) is 0 Å². The third-order valence-electron chi connectivity index (χ3n) is 6.19. The molecule has 6 nitrogen and oxygen atoms in total. The van der Waals surface area contributed by atoms with Gasteiger partial charge in [-0.3, -0.25) is 14.4 Å².